The van der Waals surface area contributed by atoms with Gasteiger partial charge < -0.3 is 10.4 Å². The van der Waals surface area contributed by atoms with Gasteiger partial charge in [0.15, 0.2) is 0 Å². The van der Waals surface area contributed by atoms with Crippen molar-refractivity contribution < 1.29 is 5.11 Å². The Bertz CT molecular complexity index is 528. The van der Waals surface area contributed by atoms with E-state index in [4.69, 9.17) is 11.6 Å². The van der Waals surface area contributed by atoms with Gasteiger partial charge >= 0.3 is 0 Å². The molecular formula is C17H24ClNO. The summed E-state index contributed by atoms with van der Waals surface area (Å²) in [6.07, 6.45) is 3.93. The molecule has 0 heterocycles. The fourth-order valence-electron chi connectivity index (χ4n) is 4.44. The fraction of sp³-hybridized carbons (Fsp3) is 0.647. The third kappa shape index (κ3) is 1.96. The molecule has 2 aliphatic carbocycles. The number of aromatic hydroxyl groups is 1. The molecule has 2 N–H and O–H groups in total. The van der Waals surface area contributed by atoms with E-state index in [-0.39, 0.29) is 0 Å². The first kappa shape index (κ1) is 14.2. The lowest BCUT2D eigenvalue weighted by atomic mass is 9.69. The molecule has 0 radical (unpaired) electrons. The van der Waals surface area contributed by atoms with Gasteiger partial charge in [-0.3, -0.25) is 0 Å². The lowest BCUT2D eigenvalue weighted by Crippen LogP contribution is -2.44. The molecule has 1 aromatic rings. The largest absolute Gasteiger partial charge is 0.508 e. The van der Waals surface area contributed by atoms with Gasteiger partial charge in [-0.25, -0.2) is 0 Å². The van der Waals surface area contributed by atoms with Crippen molar-refractivity contribution in [3.8, 4) is 5.75 Å². The van der Waals surface area contributed by atoms with Crippen molar-refractivity contribution in [1.82, 2.24) is 5.32 Å². The van der Waals surface area contributed by atoms with E-state index in [1.165, 1.54) is 19.3 Å². The van der Waals surface area contributed by atoms with Crippen molar-refractivity contribution >= 4 is 11.6 Å². The zero-order valence-electron chi connectivity index (χ0n) is 12.5. The summed E-state index contributed by atoms with van der Waals surface area (Å²) in [4.78, 5) is 0. The summed E-state index contributed by atoms with van der Waals surface area (Å²) >= 11 is 6.01. The van der Waals surface area contributed by atoms with E-state index >= 15 is 0 Å². The monoisotopic (exact) mass is 293 g/mol. The molecule has 0 spiro atoms. The van der Waals surface area contributed by atoms with Gasteiger partial charge in [0.25, 0.3) is 0 Å². The molecule has 0 amide bonds. The highest BCUT2D eigenvalue weighted by molar-refractivity contribution is 6.30. The minimum absolute atomic E-state index is 0.328. The molecule has 2 nitrogen and oxygen atoms in total. The first-order valence-electron chi connectivity index (χ1n) is 7.55. The Hall–Kier alpha value is -0.730. The molecule has 20 heavy (non-hydrogen) atoms. The number of hydrogen-bond donors (Lipinski definition) is 2. The second kappa shape index (κ2) is 4.64. The van der Waals surface area contributed by atoms with Crippen LogP contribution in [-0.2, 0) is 6.54 Å². The van der Waals surface area contributed by atoms with Crippen LogP contribution in [0.4, 0.5) is 0 Å². The van der Waals surface area contributed by atoms with Gasteiger partial charge in [-0.1, -0.05) is 32.4 Å². The summed E-state index contributed by atoms with van der Waals surface area (Å²) in [7, 11) is 0. The van der Waals surface area contributed by atoms with E-state index in [0.717, 1.165) is 11.5 Å². The van der Waals surface area contributed by atoms with Crippen LogP contribution in [0.15, 0.2) is 18.2 Å². The van der Waals surface area contributed by atoms with Crippen LogP contribution in [0.3, 0.4) is 0 Å². The third-order valence-electron chi connectivity index (χ3n) is 6.37. The fourth-order valence-corrected chi connectivity index (χ4v) is 4.64. The number of hydrogen-bond acceptors (Lipinski definition) is 2. The van der Waals surface area contributed by atoms with E-state index in [0.29, 0.717) is 34.2 Å². The van der Waals surface area contributed by atoms with Gasteiger partial charge in [0, 0.05) is 23.2 Å². The van der Waals surface area contributed by atoms with Crippen LogP contribution in [0, 0.1) is 16.7 Å². The normalized spacial score (nSPS) is 34.6. The van der Waals surface area contributed by atoms with Crippen molar-refractivity contribution in [2.75, 3.05) is 0 Å². The zero-order valence-corrected chi connectivity index (χ0v) is 13.3. The van der Waals surface area contributed by atoms with Crippen LogP contribution < -0.4 is 5.32 Å². The SMILES string of the molecule is CC1(C)C2CCC1(C)C(NCc1cc(Cl)ccc1O)C2. The van der Waals surface area contributed by atoms with Crippen molar-refractivity contribution in [2.24, 2.45) is 16.7 Å². The zero-order chi connectivity index (χ0) is 14.5. The summed E-state index contributed by atoms with van der Waals surface area (Å²) in [5.74, 6) is 1.16. The van der Waals surface area contributed by atoms with Gasteiger partial charge in [0.2, 0.25) is 0 Å². The highest BCUT2D eigenvalue weighted by Crippen LogP contribution is 2.65. The number of halogens is 1. The summed E-state index contributed by atoms with van der Waals surface area (Å²) in [5.41, 5.74) is 1.68. The first-order valence-corrected chi connectivity index (χ1v) is 7.93. The van der Waals surface area contributed by atoms with Gasteiger partial charge in [-0.15, -0.1) is 0 Å². The van der Waals surface area contributed by atoms with Crippen LogP contribution in [0.5, 0.6) is 5.75 Å². The van der Waals surface area contributed by atoms with Gasteiger partial charge in [0.1, 0.15) is 5.75 Å². The maximum absolute atomic E-state index is 9.91. The van der Waals surface area contributed by atoms with E-state index in [1.807, 2.05) is 6.07 Å². The number of benzene rings is 1. The molecule has 110 valence electrons. The summed E-state index contributed by atoms with van der Waals surface area (Å²) in [6.45, 7) is 7.96. The maximum Gasteiger partial charge on any atom is 0.120 e. The molecule has 3 heteroatoms. The predicted molar refractivity (Wildman–Crippen MR) is 83.0 cm³/mol. The number of rotatable bonds is 3. The highest BCUT2D eigenvalue weighted by atomic mass is 35.5. The summed E-state index contributed by atoms with van der Waals surface area (Å²) < 4.78 is 0. The van der Waals surface area contributed by atoms with Crippen molar-refractivity contribution in [3.63, 3.8) is 0 Å². The van der Waals surface area contributed by atoms with E-state index < -0.39 is 0 Å². The highest BCUT2D eigenvalue weighted by Gasteiger charge is 2.60. The molecule has 2 bridgehead atoms. The Labute approximate surface area is 126 Å². The molecule has 0 saturated heterocycles. The molecule has 3 atom stereocenters. The number of phenols is 1. The van der Waals surface area contributed by atoms with Crippen LogP contribution in [0.25, 0.3) is 0 Å². The van der Waals surface area contributed by atoms with E-state index in [9.17, 15) is 5.11 Å². The predicted octanol–water partition coefficient (Wildman–Crippen LogP) is 4.35. The van der Waals surface area contributed by atoms with Gasteiger partial charge in [0.05, 0.1) is 0 Å². The van der Waals surface area contributed by atoms with Crippen LogP contribution >= 0.6 is 11.6 Å². The molecule has 0 aromatic heterocycles. The number of nitrogens with one attached hydrogen (secondary N) is 1. The summed E-state index contributed by atoms with van der Waals surface area (Å²) in [6, 6.07) is 5.79. The summed E-state index contributed by atoms with van der Waals surface area (Å²) in [5, 5.41) is 14.3. The molecule has 1 aromatic carbocycles. The van der Waals surface area contributed by atoms with Gasteiger partial charge in [-0.05, 0) is 54.2 Å². The Balaban J connectivity index is 1.73. The lowest BCUT2D eigenvalue weighted by molar-refractivity contribution is 0.120. The molecule has 3 rings (SSSR count). The standard InChI is InChI=1S/C17H24ClNO/c1-16(2)12-6-7-17(16,3)15(9-12)19-10-11-8-13(18)4-5-14(11)20/h4-5,8,12,15,19-20H,6-7,9-10H2,1-3H3. The lowest BCUT2D eigenvalue weighted by Gasteiger charge is -2.39. The minimum atomic E-state index is 0.328. The molecular weight excluding hydrogens is 270 g/mol. The van der Waals surface area contributed by atoms with Crippen LogP contribution in [0.1, 0.15) is 45.6 Å². The Morgan fingerprint density at radius 3 is 2.70 bits per heavy atom. The maximum atomic E-state index is 9.91. The molecule has 2 fully saturated rings. The number of phenolic OH excluding ortho intramolecular Hbond substituents is 1. The average molecular weight is 294 g/mol. The first-order chi connectivity index (χ1) is 9.34. The van der Waals surface area contributed by atoms with E-state index in [1.54, 1.807) is 12.1 Å². The molecule has 2 aliphatic rings. The molecule has 3 unspecified atom stereocenters. The topological polar surface area (TPSA) is 32.3 Å². The van der Waals surface area contributed by atoms with Crippen molar-refractivity contribution in [1.29, 1.82) is 0 Å². The van der Waals surface area contributed by atoms with Crippen molar-refractivity contribution in [2.45, 2.75) is 52.6 Å². The molecule has 0 aliphatic heterocycles. The second-order valence-electron chi connectivity index (χ2n) is 7.32. The van der Waals surface area contributed by atoms with Gasteiger partial charge in [-0.2, -0.15) is 0 Å². The Kier molecular flexibility index (Phi) is 3.30. The van der Waals surface area contributed by atoms with Crippen LogP contribution in [0.2, 0.25) is 5.02 Å². The van der Waals surface area contributed by atoms with Crippen molar-refractivity contribution in [3.05, 3.63) is 28.8 Å². The van der Waals surface area contributed by atoms with E-state index in [2.05, 4.69) is 26.1 Å². The quantitative estimate of drug-likeness (QED) is 0.868. The smallest absolute Gasteiger partial charge is 0.120 e. The Morgan fingerprint density at radius 2 is 2.10 bits per heavy atom. The number of fused-ring (bicyclic) bond motifs is 2. The third-order valence-corrected chi connectivity index (χ3v) is 6.61. The Morgan fingerprint density at radius 1 is 1.35 bits per heavy atom. The second-order valence-corrected chi connectivity index (χ2v) is 7.75. The minimum Gasteiger partial charge on any atom is -0.508 e. The molecule has 2 saturated carbocycles. The van der Waals surface area contributed by atoms with Crippen LogP contribution in [-0.4, -0.2) is 11.1 Å². The average Bonchev–Trinajstić information content (AvgIpc) is 2.72.